The van der Waals surface area contributed by atoms with Gasteiger partial charge in [-0.1, -0.05) is 36.4 Å². The number of rotatable bonds is 3. The van der Waals surface area contributed by atoms with Gasteiger partial charge in [-0.3, -0.25) is 4.79 Å². The molecule has 0 spiro atoms. The Morgan fingerprint density at radius 2 is 1.96 bits per heavy atom. The maximum atomic E-state index is 12.7. The van der Waals surface area contributed by atoms with Crippen LogP contribution in [0.15, 0.2) is 54.9 Å². The van der Waals surface area contributed by atoms with Crippen molar-refractivity contribution < 1.29 is 4.79 Å². The van der Waals surface area contributed by atoms with Gasteiger partial charge in [-0.25, -0.2) is 0 Å². The number of tetrazole rings is 1. The van der Waals surface area contributed by atoms with Crippen molar-refractivity contribution in [2.75, 3.05) is 0 Å². The molecule has 4 rings (SSSR count). The molecule has 0 saturated heterocycles. The van der Waals surface area contributed by atoms with Crippen LogP contribution in [0.4, 0.5) is 0 Å². The number of hydrogen-bond acceptors (Lipinski definition) is 4. The van der Waals surface area contributed by atoms with Crippen LogP contribution in [0.3, 0.4) is 0 Å². The zero-order valence-corrected chi connectivity index (χ0v) is 12.4. The normalized spacial score (nSPS) is 16.1. The number of carbonyl (C=O) groups excluding carboxylic acids is 1. The monoisotopic (exact) mass is 305 g/mol. The summed E-state index contributed by atoms with van der Waals surface area (Å²) in [6.07, 6.45) is 3.41. The SMILES string of the molecule is O=C(NC1CCc2ccccc21)c1ccccc1-n1cnnn1. The highest BCUT2D eigenvalue weighted by atomic mass is 16.1. The second-order valence-electron chi connectivity index (χ2n) is 5.54. The molecule has 0 radical (unpaired) electrons. The smallest absolute Gasteiger partial charge is 0.253 e. The number of fused-ring (bicyclic) bond motifs is 1. The van der Waals surface area contributed by atoms with Crippen molar-refractivity contribution in [2.24, 2.45) is 0 Å². The van der Waals surface area contributed by atoms with Crippen LogP contribution in [0.25, 0.3) is 5.69 Å². The third kappa shape index (κ3) is 2.48. The Bertz CT molecular complexity index is 844. The molecule has 6 heteroatoms. The van der Waals surface area contributed by atoms with Crippen LogP contribution in [-0.2, 0) is 6.42 Å². The summed E-state index contributed by atoms with van der Waals surface area (Å²) in [5.74, 6) is -0.113. The van der Waals surface area contributed by atoms with E-state index in [2.05, 4.69) is 33.0 Å². The Labute approximate surface area is 133 Å². The van der Waals surface area contributed by atoms with Crippen molar-refractivity contribution in [2.45, 2.75) is 18.9 Å². The molecular weight excluding hydrogens is 290 g/mol. The minimum absolute atomic E-state index is 0.0561. The summed E-state index contributed by atoms with van der Waals surface area (Å²) in [5.41, 5.74) is 3.75. The van der Waals surface area contributed by atoms with Crippen LogP contribution in [0.5, 0.6) is 0 Å². The predicted molar refractivity (Wildman–Crippen MR) is 84.1 cm³/mol. The van der Waals surface area contributed by atoms with Gasteiger partial charge in [-0.15, -0.1) is 5.10 Å². The Morgan fingerprint density at radius 3 is 2.83 bits per heavy atom. The number of carbonyl (C=O) groups is 1. The van der Waals surface area contributed by atoms with Crippen molar-refractivity contribution in [1.29, 1.82) is 0 Å². The van der Waals surface area contributed by atoms with Gasteiger partial charge in [0.05, 0.1) is 17.3 Å². The lowest BCUT2D eigenvalue weighted by Gasteiger charge is -2.15. The van der Waals surface area contributed by atoms with Gasteiger partial charge in [0.15, 0.2) is 0 Å². The van der Waals surface area contributed by atoms with Gasteiger partial charge in [0.2, 0.25) is 0 Å². The fourth-order valence-corrected chi connectivity index (χ4v) is 3.08. The molecule has 0 bridgehead atoms. The lowest BCUT2D eigenvalue weighted by molar-refractivity contribution is 0.0936. The molecule has 1 aromatic heterocycles. The lowest BCUT2D eigenvalue weighted by Crippen LogP contribution is -2.28. The number of aryl methyl sites for hydroxylation is 1. The van der Waals surface area contributed by atoms with E-state index in [0.717, 1.165) is 12.8 Å². The number of para-hydroxylation sites is 1. The molecule has 3 aromatic rings. The second-order valence-corrected chi connectivity index (χ2v) is 5.54. The first-order valence-electron chi connectivity index (χ1n) is 7.54. The van der Waals surface area contributed by atoms with Gasteiger partial charge < -0.3 is 5.32 Å². The Balaban J connectivity index is 1.62. The molecule has 1 aliphatic carbocycles. The van der Waals surface area contributed by atoms with E-state index < -0.39 is 0 Å². The second kappa shape index (κ2) is 5.64. The van der Waals surface area contributed by atoms with Crippen molar-refractivity contribution in [3.05, 3.63) is 71.5 Å². The maximum absolute atomic E-state index is 12.7. The fourth-order valence-electron chi connectivity index (χ4n) is 3.08. The minimum Gasteiger partial charge on any atom is -0.345 e. The summed E-state index contributed by atoms with van der Waals surface area (Å²) in [5, 5.41) is 14.3. The highest BCUT2D eigenvalue weighted by molar-refractivity contribution is 5.98. The number of benzene rings is 2. The number of hydrogen-bond donors (Lipinski definition) is 1. The van der Waals surface area contributed by atoms with Crippen molar-refractivity contribution in [1.82, 2.24) is 25.5 Å². The molecular formula is C17H15N5O. The number of nitrogens with zero attached hydrogens (tertiary/aromatic N) is 4. The van der Waals surface area contributed by atoms with E-state index in [-0.39, 0.29) is 11.9 Å². The van der Waals surface area contributed by atoms with E-state index >= 15 is 0 Å². The van der Waals surface area contributed by atoms with Crippen molar-refractivity contribution >= 4 is 5.91 Å². The van der Waals surface area contributed by atoms with Gasteiger partial charge in [-0.05, 0) is 46.5 Å². The third-order valence-electron chi connectivity index (χ3n) is 4.18. The van der Waals surface area contributed by atoms with Crippen LogP contribution in [-0.4, -0.2) is 26.1 Å². The molecule has 1 heterocycles. The first kappa shape index (κ1) is 13.6. The molecule has 1 unspecified atom stereocenters. The van der Waals surface area contributed by atoms with Crippen LogP contribution in [0, 0.1) is 0 Å². The average Bonchev–Trinajstić information content (AvgIpc) is 3.25. The summed E-state index contributed by atoms with van der Waals surface area (Å²) >= 11 is 0. The first-order chi connectivity index (χ1) is 11.3. The molecule has 23 heavy (non-hydrogen) atoms. The van der Waals surface area contributed by atoms with E-state index in [9.17, 15) is 4.79 Å². The number of amides is 1. The van der Waals surface area contributed by atoms with Gasteiger partial charge in [0, 0.05) is 0 Å². The summed E-state index contributed by atoms with van der Waals surface area (Å²) < 4.78 is 1.50. The molecule has 114 valence electrons. The topological polar surface area (TPSA) is 72.7 Å². The van der Waals surface area contributed by atoms with Gasteiger partial charge in [0.25, 0.3) is 5.91 Å². The lowest BCUT2D eigenvalue weighted by atomic mass is 10.1. The Hall–Kier alpha value is -3.02. The molecule has 0 fully saturated rings. The van der Waals surface area contributed by atoms with Crippen LogP contribution < -0.4 is 5.32 Å². The molecule has 1 amide bonds. The van der Waals surface area contributed by atoms with E-state index in [1.165, 1.54) is 22.1 Å². The number of aromatic nitrogens is 4. The van der Waals surface area contributed by atoms with E-state index in [1.807, 2.05) is 30.3 Å². The van der Waals surface area contributed by atoms with Gasteiger partial charge in [0.1, 0.15) is 6.33 Å². The Kier molecular flexibility index (Phi) is 3.34. The molecule has 0 saturated carbocycles. The first-order valence-corrected chi connectivity index (χ1v) is 7.54. The Morgan fingerprint density at radius 1 is 1.13 bits per heavy atom. The highest BCUT2D eigenvalue weighted by Gasteiger charge is 2.24. The van der Waals surface area contributed by atoms with Crippen molar-refractivity contribution in [3.8, 4) is 5.69 Å². The molecule has 6 nitrogen and oxygen atoms in total. The fraction of sp³-hybridized carbons (Fsp3) is 0.176. The van der Waals surface area contributed by atoms with Crippen molar-refractivity contribution in [3.63, 3.8) is 0 Å². The summed E-state index contributed by atoms with van der Waals surface area (Å²) in [7, 11) is 0. The summed E-state index contributed by atoms with van der Waals surface area (Å²) in [4.78, 5) is 12.7. The van der Waals surface area contributed by atoms with Gasteiger partial charge in [-0.2, -0.15) is 4.68 Å². The van der Waals surface area contributed by atoms with E-state index in [4.69, 9.17) is 0 Å². The third-order valence-corrected chi connectivity index (χ3v) is 4.18. The standard InChI is InChI=1S/C17H15N5O/c23-17(19-15-10-9-12-5-1-2-6-13(12)15)14-7-3-4-8-16(14)22-11-18-20-21-22/h1-8,11,15H,9-10H2,(H,19,23). The quantitative estimate of drug-likeness (QED) is 0.804. The zero-order valence-electron chi connectivity index (χ0n) is 12.4. The van der Waals surface area contributed by atoms with Crippen LogP contribution in [0.2, 0.25) is 0 Å². The van der Waals surface area contributed by atoms with Crippen LogP contribution >= 0.6 is 0 Å². The minimum atomic E-state index is -0.113. The zero-order chi connectivity index (χ0) is 15.6. The molecule has 1 N–H and O–H groups in total. The van der Waals surface area contributed by atoms with Crippen LogP contribution in [0.1, 0.15) is 33.9 Å². The predicted octanol–water partition coefficient (Wildman–Crippen LogP) is 2.08. The maximum Gasteiger partial charge on any atom is 0.253 e. The largest absolute Gasteiger partial charge is 0.345 e. The summed E-state index contributed by atoms with van der Waals surface area (Å²) in [6, 6.07) is 15.6. The molecule has 2 aromatic carbocycles. The number of nitrogens with one attached hydrogen (secondary N) is 1. The highest BCUT2D eigenvalue weighted by Crippen LogP contribution is 2.31. The summed E-state index contributed by atoms with van der Waals surface area (Å²) in [6.45, 7) is 0. The molecule has 1 atom stereocenters. The van der Waals surface area contributed by atoms with E-state index in [1.54, 1.807) is 6.07 Å². The molecule has 0 aliphatic heterocycles. The molecule has 1 aliphatic rings. The average molecular weight is 305 g/mol. The van der Waals surface area contributed by atoms with Gasteiger partial charge >= 0.3 is 0 Å². The van der Waals surface area contributed by atoms with E-state index in [0.29, 0.717) is 11.3 Å².